The zero-order chi connectivity index (χ0) is 14.7. The van der Waals surface area contributed by atoms with E-state index in [1.807, 2.05) is 0 Å². The maximum atomic E-state index is 12.1. The molecule has 0 radical (unpaired) electrons. The van der Waals surface area contributed by atoms with E-state index >= 15 is 0 Å². The topological polar surface area (TPSA) is 95.6 Å². The van der Waals surface area contributed by atoms with Crippen molar-refractivity contribution in [1.29, 1.82) is 0 Å². The van der Waals surface area contributed by atoms with Gasteiger partial charge in [-0.05, 0) is 30.3 Å². The number of para-hydroxylation sites is 1. The van der Waals surface area contributed by atoms with Crippen LogP contribution in [0.5, 0.6) is 11.5 Å². The molecule has 2 rings (SSSR count). The van der Waals surface area contributed by atoms with Crippen LogP contribution in [0.1, 0.15) is 15.9 Å². The summed E-state index contributed by atoms with van der Waals surface area (Å²) in [7, 11) is 0. The molecule has 0 aromatic heterocycles. The second-order valence-corrected chi connectivity index (χ2v) is 4.51. The van der Waals surface area contributed by atoms with Gasteiger partial charge in [0.15, 0.2) is 0 Å². The molecule has 0 bridgehead atoms. The first-order valence-corrected chi connectivity index (χ1v) is 6.12. The highest BCUT2D eigenvalue weighted by Crippen LogP contribution is 2.24. The molecule has 0 atom stereocenters. The molecule has 0 saturated carbocycles. The monoisotopic (exact) mass is 288 g/mol. The van der Waals surface area contributed by atoms with Crippen LogP contribution in [0.3, 0.4) is 0 Å². The lowest BCUT2D eigenvalue weighted by atomic mass is 10.1. The molecule has 0 aliphatic heterocycles. The van der Waals surface area contributed by atoms with Crippen molar-refractivity contribution in [3.05, 3.63) is 53.6 Å². The van der Waals surface area contributed by atoms with E-state index in [1.165, 1.54) is 18.2 Å². The lowest BCUT2D eigenvalue weighted by Gasteiger charge is -2.10. The first kappa shape index (κ1) is 13.8. The Balaban J connectivity index is 2.33. The molecular weight excluding hydrogens is 276 g/mol. The summed E-state index contributed by atoms with van der Waals surface area (Å²) in [5.41, 5.74) is 6.50. The molecule has 5 nitrogen and oxygen atoms in total. The largest absolute Gasteiger partial charge is 0.508 e. The van der Waals surface area contributed by atoms with Crippen LogP contribution in [0.15, 0.2) is 42.5 Å². The first-order valence-electron chi connectivity index (χ1n) is 5.71. The first-order chi connectivity index (χ1) is 9.49. The van der Waals surface area contributed by atoms with E-state index in [0.29, 0.717) is 11.3 Å². The minimum atomic E-state index is -0.567. The Bertz CT molecular complexity index is 686. The molecule has 0 aliphatic rings. The van der Waals surface area contributed by atoms with Crippen LogP contribution in [-0.4, -0.2) is 21.1 Å². The van der Waals surface area contributed by atoms with Gasteiger partial charge >= 0.3 is 0 Å². The predicted molar refractivity (Wildman–Crippen MR) is 80.1 cm³/mol. The van der Waals surface area contributed by atoms with Crippen molar-refractivity contribution >= 4 is 28.8 Å². The number of amides is 1. The van der Waals surface area contributed by atoms with Crippen LogP contribution in [0.25, 0.3) is 0 Å². The number of rotatable bonds is 3. The Hall–Kier alpha value is -2.60. The van der Waals surface area contributed by atoms with Crippen LogP contribution < -0.4 is 11.1 Å². The van der Waals surface area contributed by atoms with Crippen LogP contribution in [0, 0.1) is 0 Å². The molecule has 2 aromatic rings. The molecule has 2 aromatic carbocycles. The molecule has 0 heterocycles. The SMILES string of the molecule is NC(=S)c1ccccc1NC(=O)c1cc(O)ccc1O. The van der Waals surface area contributed by atoms with Crippen molar-refractivity contribution in [2.24, 2.45) is 5.73 Å². The van der Waals surface area contributed by atoms with E-state index < -0.39 is 5.91 Å². The van der Waals surface area contributed by atoms with E-state index in [0.717, 1.165) is 0 Å². The molecule has 0 aliphatic carbocycles. The van der Waals surface area contributed by atoms with Gasteiger partial charge in [0.1, 0.15) is 16.5 Å². The molecule has 1 amide bonds. The van der Waals surface area contributed by atoms with Crippen molar-refractivity contribution in [1.82, 2.24) is 0 Å². The number of carbonyl (C=O) groups is 1. The third-order valence-electron chi connectivity index (χ3n) is 2.67. The summed E-state index contributed by atoms with van der Waals surface area (Å²) in [6.07, 6.45) is 0. The van der Waals surface area contributed by atoms with Crippen molar-refractivity contribution in [2.45, 2.75) is 0 Å². The summed E-state index contributed by atoms with van der Waals surface area (Å²) < 4.78 is 0. The Labute approximate surface area is 120 Å². The number of phenolic OH excluding ortho intramolecular Hbond substituents is 2. The van der Waals surface area contributed by atoms with E-state index in [9.17, 15) is 15.0 Å². The normalized spacial score (nSPS) is 10.0. The number of anilines is 1. The van der Waals surface area contributed by atoms with E-state index in [4.69, 9.17) is 18.0 Å². The van der Waals surface area contributed by atoms with Crippen LogP contribution >= 0.6 is 12.2 Å². The zero-order valence-corrected chi connectivity index (χ0v) is 11.1. The van der Waals surface area contributed by atoms with Crippen molar-refractivity contribution < 1.29 is 15.0 Å². The molecule has 5 N–H and O–H groups in total. The number of benzene rings is 2. The lowest BCUT2D eigenvalue weighted by molar-refractivity contribution is 0.102. The summed E-state index contributed by atoms with van der Waals surface area (Å²) in [6.45, 7) is 0. The van der Waals surface area contributed by atoms with Gasteiger partial charge in [0.2, 0.25) is 0 Å². The predicted octanol–water partition coefficient (Wildman–Crippen LogP) is 1.98. The number of hydrogen-bond donors (Lipinski definition) is 4. The lowest BCUT2D eigenvalue weighted by Crippen LogP contribution is -2.17. The number of hydrogen-bond acceptors (Lipinski definition) is 4. The van der Waals surface area contributed by atoms with Crippen LogP contribution in [0.4, 0.5) is 5.69 Å². The van der Waals surface area contributed by atoms with E-state index in [1.54, 1.807) is 24.3 Å². The van der Waals surface area contributed by atoms with Gasteiger partial charge in [0, 0.05) is 5.56 Å². The number of thiocarbonyl (C=S) groups is 1. The van der Waals surface area contributed by atoms with Gasteiger partial charge in [-0.15, -0.1) is 0 Å². The third kappa shape index (κ3) is 2.86. The fourth-order valence-electron chi connectivity index (χ4n) is 1.70. The highest BCUT2D eigenvalue weighted by molar-refractivity contribution is 7.80. The summed E-state index contributed by atoms with van der Waals surface area (Å²) in [5, 5.41) is 21.6. The molecule has 6 heteroatoms. The fourth-order valence-corrected chi connectivity index (χ4v) is 1.88. The third-order valence-corrected chi connectivity index (χ3v) is 2.89. The van der Waals surface area contributed by atoms with E-state index in [-0.39, 0.29) is 22.1 Å². The van der Waals surface area contributed by atoms with Gasteiger partial charge in [-0.3, -0.25) is 4.79 Å². The summed E-state index contributed by atoms with van der Waals surface area (Å²) in [6, 6.07) is 10.5. The average molecular weight is 288 g/mol. The fraction of sp³-hybridized carbons (Fsp3) is 0. The van der Waals surface area contributed by atoms with Gasteiger partial charge in [-0.1, -0.05) is 24.4 Å². The highest BCUT2D eigenvalue weighted by atomic mass is 32.1. The molecule has 0 saturated heterocycles. The highest BCUT2D eigenvalue weighted by Gasteiger charge is 2.14. The maximum absolute atomic E-state index is 12.1. The average Bonchev–Trinajstić information content (AvgIpc) is 2.41. The van der Waals surface area contributed by atoms with Crippen molar-refractivity contribution in [3.63, 3.8) is 0 Å². The number of aromatic hydroxyl groups is 2. The minimum absolute atomic E-state index is 0.0391. The number of nitrogens with two attached hydrogens (primary N) is 1. The number of carbonyl (C=O) groups excluding carboxylic acids is 1. The number of nitrogens with one attached hydrogen (secondary N) is 1. The zero-order valence-electron chi connectivity index (χ0n) is 10.3. The Morgan fingerprint density at radius 1 is 1.10 bits per heavy atom. The van der Waals surface area contributed by atoms with Gasteiger partial charge in [0.05, 0.1) is 11.3 Å². The standard InChI is InChI=1S/C14H12N2O3S/c15-13(20)9-3-1-2-4-11(9)16-14(19)10-7-8(17)5-6-12(10)18/h1-7,17-18H,(H2,15,20)(H,16,19). The van der Waals surface area contributed by atoms with Gasteiger partial charge < -0.3 is 21.3 Å². The number of phenols is 2. The quantitative estimate of drug-likeness (QED) is 0.511. The molecule has 0 spiro atoms. The molecule has 102 valence electrons. The van der Waals surface area contributed by atoms with Crippen molar-refractivity contribution in [3.8, 4) is 11.5 Å². The second-order valence-electron chi connectivity index (χ2n) is 4.07. The van der Waals surface area contributed by atoms with Crippen LogP contribution in [-0.2, 0) is 0 Å². The van der Waals surface area contributed by atoms with E-state index in [2.05, 4.69) is 5.32 Å². The second kappa shape index (κ2) is 5.58. The van der Waals surface area contributed by atoms with Gasteiger partial charge in [-0.25, -0.2) is 0 Å². The Morgan fingerprint density at radius 2 is 1.80 bits per heavy atom. The van der Waals surface area contributed by atoms with Crippen LogP contribution in [0.2, 0.25) is 0 Å². The maximum Gasteiger partial charge on any atom is 0.259 e. The Kier molecular flexibility index (Phi) is 3.86. The smallest absolute Gasteiger partial charge is 0.259 e. The summed E-state index contributed by atoms with van der Waals surface area (Å²) in [4.78, 5) is 12.2. The van der Waals surface area contributed by atoms with Gasteiger partial charge in [0.25, 0.3) is 5.91 Å². The van der Waals surface area contributed by atoms with Gasteiger partial charge in [-0.2, -0.15) is 0 Å². The molecule has 0 fully saturated rings. The summed E-state index contributed by atoms with van der Waals surface area (Å²) in [5.74, 6) is -0.911. The molecular formula is C14H12N2O3S. The minimum Gasteiger partial charge on any atom is -0.508 e. The van der Waals surface area contributed by atoms with Crippen molar-refractivity contribution in [2.75, 3.05) is 5.32 Å². The summed E-state index contributed by atoms with van der Waals surface area (Å²) >= 11 is 4.90. The Morgan fingerprint density at radius 3 is 2.50 bits per heavy atom. The molecule has 0 unspecified atom stereocenters. The molecule has 20 heavy (non-hydrogen) atoms.